The van der Waals surface area contributed by atoms with Crippen molar-refractivity contribution in [3.8, 4) is 6.07 Å². The SMILES string of the molecule is CCOC(=O)C1CCN(c2ccc(C=NN=C3NC(=O)C(CC(=O)O)S3)cc2C#N)CC1. The highest BCUT2D eigenvalue weighted by molar-refractivity contribution is 8.15. The average Bonchev–Trinajstić information content (AvgIpc) is 3.12. The summed E-state index contributed by atoms with van der Waals surface area (Å²) in [5.74, 6) is -1.73. The van der Waals surface area contributed by atoms with E-state index >= 15 is 0 Å². The Morgan fingerprint density at radius 3 is 2.81 bits per heavy atom. The van der Waals surface area contributed by atoms with Crippen molar-refractivity contribution in [1.82, 2.24) is 5.32 Å². The number of rotatable bonds is 7. The van der Waals surface area contributed by atoms with Crippen LogP contribution in [0.3, 0.4) is 0 Å². The van der Waals surface area contributed by atoms with E-state index in [1.807, 2.05) is 12.1 Å². The third kappa shape index (κ3) is 5.85. The minimum atomic E-state index is -1.06. The zero-order chi connectivity index (χ0) is 23.1. The molecule has 2 aliphatic heterocycles. The van der Waals surface area contributed by atoms with Crippen LogP contribution in [-0.2, 0) is 19.1 Å². The number of ether oxygens (including phenoxy) is 1. The normalized spacial score (nSPS) is 20.4. The summed E-state index contributed by atoms with van der Waals surface area (Å²) in [4.78, 5) is 36.5. The van der Waals surface area contributed by atoms with Gasteiger partial charge in [0.25, 0.3) is 0 Å². The molecule has 1 aromatic carbocycles. The van der Waals surface area contributed by atoms with Gasteiger partial charge in [-0.2, -0.15) is 10.4 Å². The number of esters is 1. The quantitative estimate of drug-likeness (QED) is 0.358. The molecule has 2 fully saturated rings. The largest absolute Gasteiger partial charge is 0.481 e. The lowest BCUT2D eigenvalue weighted by Gasteiger charge is -2.33. The number of hydrogen-bond donors (Lipinski definition) is 2. The fourth-order valence-corrected chi connectivity index (χ4v) is 4.42. The van der Waals surface area contributed by atoms with E-state index in [0.29, 0.717) is 43.7 Å². The highest BCUT2D eigenvalue weighted by Crippen LogP contribution is 2.27. The molecule has 0 aliphatic carbocycles. The molecule has 0 radical (unpaired) electrons. The summed E-state index contributed by atoms with van der Waals surface area (Å²) in [7, 11) is 0. The van der Waals surface area contributed by atoms with Crippen molar-refractivity contribution in [3.05, 3.63) is 29.3 Å². The van der Waals surface area contributed by atoms with Gasteiger partial charge in [-0.1, -0.05) is 17.8 Å². The van der Waals surface area contributed by atoms with Crippen LogP contribution in [0.25, 0.3) is 0 Å². The van der Waals surface area contributed by atoms with Crippen LogP contribution in [0.2, 0.25) is 0 Å². The molecule has 0 bridgehead atoms. The Labute approximate surface area is 189 Å². The molecule has 2 N–H and O–H groups in total. The fourth-order valence-electron chi connectivity index (χ4n) is 3.51. The summed E-state index contributed by atoms with van der Waals surface area (Å²) >= 11 is 1.02. The van der Waals surface area contributed by atoms with Crippen LogP contribution >= 0.6 is 11.8 Å². The van der Waals surface area contributed by atoms with Gasteiger partial charge in [0.2, 0.25) is 5.91 Å². The monoisotopic (exact) mass is 457 g/mol. The van der Waals surface area contributed by atoms with Gasteiger partial charge in [-0.25, -0.2) is 0 Å². The third-order valence-corrected chi connectivity index (χ3v) is 6.16. The molecule has 2 heterocycles. The van der Waals surface area contributed by atoms with Crippen molar-refractivity contribution in [2.45, 2.75) is 31.4 Å². The van der Waals surface area contributed by atoms with Gasteiger partial charge in [-0.15, -0.1) is 5.10 Å². The molecule has 10 nitrogen and oxygen atoms in total. The minimum absolute atomic E-state index is 0.105. The first-order valence-corrected chi connectivity index (χ1v) is 11.0. The molecule has 168 valence electrons. The van der Waals surface area contributed by atoms with E-state index in [9.17, 15) is 19.6 Å². The first-order chi connectivity index (χ1) is 15.4. The first-order valence-electron chi connectivity index (χ1n) is 10.2. The number of amides is 1. The topological polar surface area (TPSA) is 144 Å². The number of hydrogen-bond acceptors (Lipinski definition) is 9. The number of benzene rings is 1. The van der Waals surface area contributed by atoms with Gasteiger partial charge in [-0.05, 0) is 37.5 Å². The number of anilines is 1. The first kappa shape index (κ1) is 23.3. The molecular formula is C21H23N5O5S. The standard InChI is InChI=1S/C21H23N5O5S/c1-2-31-20(30)14-5-7-26(8-6-14)16-4-3-13(9-15(16)11-22)12-23-25-21-24-19(29)17(32-21)10-18(27)28/h3-4,9,12,14,17H,2,5-8,10H2,1H3,(H,27,28)(H,24,25,29). The Bertz CT molecular complexity index is 995. The van der Waals surface area contributed by atoms with E-state index in [4.69, 9.17) is 9.84 Å². The van der Waals surface area contributed by atoms with E-state index in [1.165, 1.54) is 6.21 Å². The predicted octanol–water partition coefficient (Wildman–Crippen LogP) is 1.73. The van der Waals surface area contributed by atoms with Gasteiger partial charge in [0, 0.05) is 13.1 Å². The lowest BCUT2D eigenvalue weighted by atomic mass is 9.96. The van der Waals surface area contributed by atoms with Crippen molar-refractivity contribution < 1.29 is 24.2 Å². The molecule has 1 aromatic rings. The van der Waals surface area contributed by atoms with Crippen molar-refractivity contribution in [2.24, 2.45) is 16.1 Å². The lowest BCUT2D eigenvalue weighted by molar-refractivity contribution is -0.148. The Hall–Kier alpha value is -3.39. The molecule has 1 amide bonds. The molecule has 11 heteroatoms. The molecule has 1 atom stereocenters. The smallest absolute Gasteiger partial charge is 0.309 e. The van der Waals surface area contributed by atoms with Crippen LogP contribution in [-0.4, -0.2) is 59.3 Å². The number of carbonyl (C=O) groups is 3. The van der Waals surface area contributed by atoms with Crippen molar-refractivity contribution in [3.63, 3.8) is 0 Å². The maximum Gasteiger partial charge on any atom is 0.309 e. The number of thioether (sulfide) groups is 1. The Kier molecular flexibility index (Phi) is 7.83. The number of carboxylic acids is 1. The van der Waals surface area contributed by atoms with Crippen LogP contribution < -0.4 is 10.2 Å². The van der Waals surface area contributed by atoms with Crippen LogP contribution in [0.1, 0.15) is 37.3 Å². The molecular weight excluding hydrogens is 434 g/mol. The Morgan fingerprint density at radius 1 is 1.41 bits per heavy atom. The number of nitrogens with one attached hydrogen (secondary N) is 1. The fraction of sp³-hybridized carbons (Fsp3) is 0.429. The number of piperidine rings is 1. The number of nitriles is 1. The summed E-state index contributed by atoms with van der Waals surface area (Å²) in [6, 6.07) is 7.55. The number of carbonyl (C=O) groups excluding carboxylic acids is 2. The summed E-state index contributed by atoms with van der Waals surface area (Å²) in [6.07, 6.45) is 2.53. The Morgan fingerprint density at radius 2 is 2.16 bits per heavy atom. The number of nitrogens with zero attached hydrogens (tertiary/aromatic N) is 4. The molecule has 2 aliphatic rings. The molecule has 0 spiro atoms. The minimum Gasteiger partial charge on any atom is -0.481 e. The van der Waals surface area contributed by atoms with Crippen molar-refractivity contribution in [2.75, 3.05) is 24.6 Å². The van der Waals surface area contributed by atoms with Gasteiger partial charge >= 0.3 is 11.9 Å². The zero-order valence-corrected chi connectivity index (χ0v) is 18.3. The zero-order valence-electron chi connectivity index (χ0n) is 17.5. The molecule has 32 heavy (non-hydrogen) atoms. The highest BCUT2D eigenvalue weighted by atomic mass is 32.2. The van der Waals surface area contributed by atoms with Crippen molar-refractivity contribution >= 4 is 46.7 Å². The van der Waals surface area contributed by atoms with Gasteiger partial charge in [0.1, 0.15) is 11.3 Å². The van der Waals surface area contributed by atoms with E-state index in [1.54, 1.807) is 13.0 Å². The summed E-state index contributed by atoms with van der Waals surface area (Å²) < 4.78 is 5.10. The lowest BCUT2D eigenvalue weighted by Crippen LogP contribution is -2.37. The molecule has 3 rings (SSSR count). The summed E-state index contributed by atoms with van der Waals surface area (Å²) in [6.45, 7) is 3.49. The number of carboxylic acid groups (broad SMARTS) is 1. The molecule has 2 saturated heterocycles. The third-order valence-electron chi connectivity index (χ3n) is 5.09. The van der Waals surface area contributed by atoms with Gasteiger partial charge in [-0.3, -0.25) is 14.4 Å². The van der Waals surface area contributed by atoms with E-state index in [2.05, 4.69) is 26.5 Å². The van der Waals surface area contributed by atoms with Crippen LogP contribution in [0, 0.1) is 17.2 Å². The van der Waals surface area contributed by atoms with Gasteiger partial charge < -0.3 is 20.1 Å². The second-order valence-electron chi connectivity index (χ2n) is 7.25. The van der Waals surface area contributed by atoms with E-state index < -0.39 is 17.1 Å². The molecule has 0 saturated carbocycles. The second kappa shape index (κ2) is 10.8. The van der Waals surface area contributed by atoms with Crippen LogP contribution in [0.5, 0.6) is 0 Å². The number of aliphatic carboxylic acids is 1. The van der Waals surface area contributed by atoms with Gasteiger partial charge in [0.15, 0.2) is 5.17 Å². The van der Waals surface area contributed by atoms with Crippen molar-refractivity contribution in [1.29, 1.82) is 5.26 Å². The molecule has 1 unspecified atom stereocenters. The summed E-state index contributed by atoms with van der Waals surface area (Å²) in [5.41, 5.74) is 1.95. The second-order valence-corrected chi connectivity index (χ2v) is 8.44. The molecule has 0 aromatic heterocycles. The van der Waals surface area contributed by atoms with Crippen LogP contribution in [0.4, 0.5) is 5.69 Å². The predicted molar refractivity (Wildman–Crippen MR) is 120 cm³/mol. The summed E-state index contributed by atoms with van der Waals surface area (Å²) in [5, 5.41) is 28.3. The van der Waals surface area contributed by atoms with E-state index in [0.717, 1.165) is 17.4 Å². The average molecular weight is 458 g/mol. The van der Waals surface area contributed by atoms with E-state index in [-0.39, 0.29) is 23.5 Å². The highest BCUT2D eigenvalue weighted by Gasteiger charge is 2.32. The van der Waals surface area contributed by atoms with Gasteiger partial charge in [0.05, 0.1) is 36.4 Å². The maximum atomic E-state index is 11.9. The Balaban J connectivity index is 1.62. The van der Waals surface area contributed by atoms with Crippen LogP contribution in [0.15, 0.2) is 28.4 Å². The maximum absolute atomic E-state index is 11.9. The number of amidine groups is 1.